The molecule has 2 nitrogen and oxygen atoms in total. The van der Waals surface area contributed by atoms with E-state index in [4.69, 9.17) is 0 Å². The van der Waals surface area contributed by atoms with Crippen LogP contribution in [-0.4, -0.2) is 11.4 Å². The summed E-state index contributed by atoms with van der Waals surface area (Å²) in [5.41, 5.74) is 19.6. The highest BCUT2D eigenvalue weighted by molar-refractivity contribution is 6.93. The quantitative estimate of drug-likeness (QED) is 0.168. The van der Waals surface area contributed by atoms with Gasteiger partial charge in [-0.3, -0.25) is 0 Å². The lowest BCUT2D eigenvalue weighted by molar-refractivity contribution is 0.660. The molecule has 0 saturated heterocycles. The van der Waals surface area contributed by atoms with Gasteiger partial charge < -0.3 is 9.38 Å². The van der Waals surface area contributed by atoms with Crippen LogP contribution in [0.2, 0.25) is 0 Å². The number of nitrogens with zero attached hydrogens (tertiary/aromatic N) is 2. The molecule has 3 heteroatoms. The van der Waals surface area contributed by atoms with E-state index in [-0.39, 0.29) is 12.3 Å². The van der Waals surface area contributed by atoms with Gasteiger partial charge in [-0.2, -0.15) is 0 Å². The van der Waals surface area contributed by atoms with E-state index in [2.05, 4.69) is 187 Å². The molecule has 0 atom stereocenters. The minimum absolute atomic E-state index is 0.00396. The number of hydrogen-bond acceptors (Lipinski definition) is 1. The Labute approximate surface area is 303 Å². The van der Waals surface area contributed by atoms with E-state index in [1.807, 2.05) is 0 Å². The largest absolute Gasteiger partial charge is 0.376 e. The zero-order valence-corrected chi connectivity index (χ0v) is 29.1. The second kappa shape index (κ2) is 9.93. The molecule has 3 heterocycles. The summed E-state index contributed by atoms with van der Waals surface area (Å²) in [5.74, 6) is 0. The topological polar surface area (TPSA) is 8.17 Å². The van der Waals surface area contributed by atoms with Crippen molar-refractivity contribution in [2.75, 3.05) is 4.81 Å². The second-order valence-electron chi connectivity index (χ2n) is 15.2. The van der Waals surface area contributed by atoms with E-state index < -0.39 is 0 Å². The molecule has 0 amide bonds. The molecular formula is C49H33BN2. The molecule has 0 fully saturated rings. The van der Waals surface area contributed by atoms with E-state index in [1.165, 1.54) is 105 Å². The fourth-order valence-corrected chi connectivity index (χ4v) is 10.2. The van der Waals surface area contributed by atoms with Gasteiger partial charge in [0.25, 0.3) is 0 Å². The van der Waals surface area contributed by atoms with Crippen LogP contribution < -0.4 is 15.7 Å². The first-order chi connectivity index (χ1) is 25.6. The van der Waals surface area contributed by atoms with E-state index in [0.717, 1.165) is 0 Å². The smallest absolute Gasteiger partial charge is 0.333 e. The maximum absolute atomic E-state index is 2.60. The van der Waals surface area contributed by atoms with Crippen LogP contribution in [0.1, 0.15) is 25.0 Å². The summed E-state index contributed by atoms with van der Waals surface area (Å²) in [6.45, 7) is 4.78. The second-order valence-corrected chi connectivity index (χ2v) is 15.2. The number of aromatic nitrogens is 1. The summed E-state index contributed by atoms with van der Waals surface area (Å²) in [5, 5.41) is 5.23. The predicted molar refractivity (Wildman–Crippen MR) is 220 cm³/mol. The van der Waals surface area contributed by atoms with Crippen molar-refractivity contribution in [2.45, 2.75) is 19.3 Å². The van der Waals surface area contributed by atoms with Gasteiger partial charge in [-0.05, 0) is 97.0 Å². The molecule has 0 saturated carbocycles. The van der Waals surface area contributed by atoms with Crippen molar-refractivity contribution < 1.29 is 0 Å². The number of benzene rings is 8. The summed E-state index contributed by atoms with van der Waals surface area (Å²) in [6.07, 6.45) is 0. The Morgan fingerprint density at radius 2 is 1.19 bits per heavy atom. The molecule has 1 aliphatic carbocycles. The average Bonchev–Trinajstić information content (AvgIpc) is 3.67. The molecule has 0 radical (unpaired) electrons. The normalized spacial score (nSPS) is 14.4. The highest BCUT2D eigenvalue weighted by atomic mass is 15.1. The van der Waals surface area contributed by atoms with Gasteiger partial charge in [-0.25, -0.2) is 0 Å². The summed E-state index contributed by atoms with van der Waals surface area (Å²) in [6, 6.07) is 61.4. The monoisotopic (exact) mass is 660 g/mol. The van der Waals surface area contributed by atoms with Crippen LogP contribution in [0.5, 0.6) is 0 Å². The standard InChI is InChI=1S/C49H33BN2/c1-49(2)38-22-10-8-20-35(38)44-34(21-14-23-39(44)49)36-29-37-33-19-9-12-25-41(33)52(31-16-4-3-5-17-31)50-40-24-11-13-26-42(40)51-43-28-27-30-15-6-7-18-32(30)45(43)46(36)48(51)47(37)50/h3-29H,1-2H3. The van der Waals surface area contributed by atoms with Crippen LogP contribution in [-0.2, 0) is 5.41 Å². The zero-order chi connectivity index (χ0) is 34.3. The lowest BCUT2D eigenvalue weighted by Gasteiger charge is -2.42. The number of hydrogen-bond donors (Lipinski definition) is 0. The Morgan fingerprint density at radius 3 is 2.08 bits per heavy atom. The van der Waals surface area contributed by atoms with Gasteiger partial charge in [-0.15, -0.1) is 0 Å². The van der Waals surface area contributed by atoms with Gasteiger partial charge in [-0.1, -0.05) is 141 Å². The molecule has 0 bridgehead atoms. The van der Waals surface area contributed by atoms with E-state index in [9.17, 15) is 0 Å². The van der Waals surface area contributed by atoms with Crippen molar-refractivity contribution in [3.8, 4) is 39.1 Å². The van der Waals surface area contributed by atoms with Gasteiger partial charge in [0.2, 0.25) is 0 Å². The van der Waals surface area contributed by atoms with Crippen molar-refractivity contribution in [3.63, 3.8) is 0 Å². The molecule has 9 aromatic rings. The van der Waals surface area contributed by atoms with Gasteiger partial charge in [0.1, 0.15) is 0 Å². The van der Waals surface area contributed by atoms with Crippen LogP contribution in [0.25, 0.3) is 71.6 Å². The Balaban J connectivity index is 1.33. The Kier molecular flexibility index (Phi) is 5.42. The van der Waals surface area contributed by atoms with E-state index in [1.54, 1.807) is 0 Å². The van der Waals surface area contributed by atoms with Gasteiger partial charge in [0, 0.05) is 38.8 Å². The van der Waals surface area contributed by atoms with Crippen LogP contribution in [0.15, 0.2) is 164 Å². The molecule has 2 aliphatic heterocycles. The summed E-state index contributed by atoms with van der Waals surface area (Å²) in [4.78, 5) is 2.59. The fraction of sp³-hybridized carbons (Fsp3) is 0.0612. The SMILES string of the molecule is CC1(C)c2ccccc2-c2c(-c3cc4c5c6c3c3c7ccccc7ccc3n6-c3ccccc3B5N(c3ccccc3)c3ccccc3-4)cccc21. The molecule has 0 N–H and O–H groups in total. The summed E-state index contributed by atoms with van der Waals surface area (Å²) >= 11 is 0. The molecule has 0 spiro atoms. The fourth-order valence-electron chi connectivity index (χ4n) is 10.2. The molecule has 8 aromatic carbocycles. The highest BCUT2D eigenvalue weighted by Gasteiger charge is 2.45. The molecule has 1 aromatic heterocycles. The van der Waals surface area contributed by atoms with Crippen molar-refractivity contribution in [3.05, 3.63) is 175 Å². The Bertz CT molecular complexity index is 3010. The van der Waals surface area contributed by atoms with Crippen LogP contribution in [0.4, 0.5) is 11.4 Å². The third-order valence-electron chi connectivity index (χ3n) is 12.4. The Hall–Kier alpha value is -6.32. The number of rotatable bonds is 2. The molecule has 0 unspecified atom stereocenters. The maximum Gasteiger partial charge on any atom is 0.333 e. The third-order valence-corrected chi connectivity index (χ3v) is 12.4. The van der Waals surface area contributed by atoms with Crippen LogP contribution in [0.3, 0.4) is 0 Å². The van der Waals surface area contributed by atoms with Crippen molar-refractivity contribution in [2.24, 2.45) is 0 Å². The first kappa shape index (κ1) is 28.4. The Morgan fingerprint density at radius 1 is 0.500 bits per heavy atom. The maximum atomic E-state index is 2.60. The first-order valence-electron chi connectivity index (χ1n) is 18.4. The van der Waals surface area contributed by atoms with Gasteiger partial charge >= 0.3 is 6.85 Å². The molecule has 242 valence electrons. The van der Waals surface area contributed by atoms with E-state index >= 15 is 0 Å². The predicted octanol–water partition coefficient (Wildman–Crippen LogP) is 11.1. The minimum atomic E-state index is -0.0891. The van der Waals surface area contributed by atoms with Crippen LogP contribution in [0, 0.1) is 0 Å². The average molecular weight is 661 g/mol. The molecule has 12 rings (SSSR count). The number of fused-ring (bicyclic) bond motifs is 13. The number of para-hydroxylation sites is 3. The lowest BCUT2D eigenvalue weighted by Crippen LogP contribution is -2.60. The lowest BCUT2D eigenvalue weighted by atomic mass is 9.44. The molecule has 52 heavy (non-hydrogen) atoms. The minimum Gasteiger partial charge on any atom is -0.376 e. The highest BCUT2D eigenvalue weighted by Crippen LogP contribution is 2.55. The summed E-state index contributed by atoms with van der Waals surface area (Å²) in [7, 11) is 0. The molecule has 3 aliphatic rings. The molecular weight excluding hydrogens is 627 g/mol. The van der Waals surface area contributed by atoms with Crippen molar-refractivity contribution >= 4 is 61.7 Å². The van der Waals surface area contributed by atoms with E-state index in [0.29, 0.717) is 0 Å². The van der Waals surface area contributed by atoms with Crippen molar-refractivity contribution in [1.82, 2.24) is 4.57 Å². The van der Waals surface area contributed by atoms with Crippen LogP contribution >= 0.6 is 0 Å². The number of anilines is 2. The van der Waals surface area contributed by atoms with Gasteiger partial charge in [0.15, 0.2) is 0 Å². The zero-order valence-electron chi connectivity index (χ0n) is 29.1. The summed E-state index contributed by atoms with van der Waals surface area (Å²) < 4.78 is 2.60. The third kappa shape index (κ3) is 3.41. The first-order valence-corrected chi connectivity index (χ1v) is 18.4. The van der Waals surface area contributed by atoms with Crippen molar-refractivity contribution in [1.29, 1.82) is 0 Å². The van der Waals surface area contributed by atoms with Gasteiger partial charge in [0.05, 0.1) is 11.0 Å².